The van der Waals surface area contributed by atoms with E-state index in [0.29, 0.717) is 17.3 Å². The van der Waals surface area contributed by atoms with Crippen molar-refractivity contribution in [3.05, 3.63) is 164 Å². The van der Waals surface area contributed by atoms with Gasteiger partial charge in [0.1, 0.15) is 11.1 Å². The van der Waals surface area contributed by atoms with Gasteiger partial charge in [-0.05, 0) is 59.3 Å². The highest BCUT2D eigenvalue weighted by atomic mass is 16.3. The van der Waals surface area contributed by atoms with Crippen LogP contribution < -0.4 is 0 Å². The van der Waals surface area contributed by atoms with Crippen LogP contribution in [0.4, 0.5) is 0 Å². The van der Waals surface area contributed by atoms with Crippen molar-refractivity contribution in [2.45, 2.75) is 0 Å². The summed E-state index contributed by atoms with van der Waals surface area (Å²) >= 11 is 0. The normalized spacial score (nSPS) is 12.6. The van der Waals surface area contributed by atoms with Crippen LogP contribution in [0.1, 0.15) is 0 Å². The Morgan fingerprint density at radius 3 is 1.71 bits per heavy atom. The van der Waals surface area contributed by atoms with E-state index in [1.54, 1.807) is 0 Å². The van der Waals surface area contributed by atoms with Gasteiger partial charge < -0.3 is 8.82 Å². The molecule has 6 heterocycles. The van der Waals surface area contributed by atoms with Gasteiger partial charge in [0, 0.05) is 48.5 Å². The van der Waals surface area contributed by atoms with Gasteiger partial charge in [0.15, 0.2) is 11.4 Å². The number of rotatable bonds is 2. The Kier molecular flexibility index (Phi) is 5.18. The lowest BCUT2D eigenvalue weighted by atomic mass is 9.98. The van der Waals surface area contributed by atoms with Crippen molar-refractivity contribution in [1.29, 1.82) is 0 Å². The minimum Gasteiger partial charge on any atom is -0.450 e. The van der Waals surface area contributed by atoms with Gasteiger partial charge >= 0.3 is 0 Å². The zero-order valence-corrected chi connectivity index (χ0v) is 29.7. The first-order valence-corrected chi connectivity index (χ1v) is 19.0. The fraction of sp³-hybridized carbons (Fsp3) is 0. The number of furan rings is 1. The Morgan fingerprint density at radius 1 is 0.393 bits per heavy atom. The predicted octanol–water partition coefficient (Wildman–Crippen LogP) is 12.9. The molecule has 6 aromatic heterocycles. The molecule has 0 amide bonds. The first-order valence-electron chi connectivity index (χ1n) is 19.0. The van der Waals surface area contributed by atoms with Crippen molar-refractivity contribution >= 4 is 115 Å². The number of aromatic nitrogens is 5. The maximum Gasteiger partial charge on any atom is 0.237 e. The number of nitrogens with zero attached hydrogens (tertiary/aromatic N) is 5. The Balaban J connectivity index is 1.22. The summed E-state index contributed by atoms with van der Waals surface area (Å²) in [7, 11) is 0. The van der Waals surface area contributed by atoms with Gasteiger partial charge in [0.25, 0.3) is 0 Å². The minimum atomic E-state index is 0.596. The van der Waals surface area contributed by atoms with Gasteiger partial charge in [-0.25, -0.2) is 4.98 Å². The third kappa shape index (κ3) is 3.39. The Bertz CT molecular complexity index is 3960. The summed E-state index contributed by atoms with van der Waals surface area (Å²) in [5.41, 5.74) is 10.1. The molecule has 0 saturated heterocycles. The monoisotopic (exact) mass is 713 g/mol. The summed E-state index contributed by atoms with van der Waals surface area (Å²) in [5.74, 6) is 1.31. The van der Waals surface area contributed by atoms with Crippen LogP contribution in [-0.4, -0.2) is 23.5 Å². The lowest BCUT2D eigenvalue weighted by Gasteiger charge is -2.12. The van der Waals surface area contributed by atoms with E-state index < -0.39 is 0 Å². The van der Waals surface area contributed by atoms with Crippen LogP contribution in [0.2, 0.25) is 0 Å². The van der Waals surface area contributed by atoms with Crippen LogP contribution in [0, 0.1) is 0 Å². The fourth-order valence-electron chi connectivity index (χ4n) is 9.96. The van der Waals surface area contributed by atoms with Crippen molar-refractivity contribution < 1.29 is 4.42 Å². The third-order valence-electron chi connectivity index (χ3n) is 12.2. The minimum absolute atomic E-state index is 0.596. The largest absolute Gasteiger partial charge is 0.450 e. The molecular weight excluding hydrogens is 687 g/mol. The van der Waals surface area contributed by atoms with Gasteiger partial charge in [-0.15, -0.1) is 0 Å². The van der Waals surface area contributed by atoms with E-state index in [2.05, 4.69) is 165 Å². The summed E-state index contributed by atoms with van der Waals surface area (Å²) in [5, 5.41) is 13.1. The van der Waals surface area contributed by atoms with Crippen LogP contribution in [-0.2, 0) is 0 Å². The van der Waals surface area contributed by atoms with E-state index in [4.69, 9.17) is 14.4 Å². The smallest absolute Gasteiger partial charge is 0.237 e. The molecule has 56 heavy (non-hydrogen) atoms. The SMILES string of the molecule is c1ccc2c(c1)ccc1c2c2c3c4ccccc4n(-c4nc(-n5c6ccccc6c6ccccc65)c5oc6ccccc6c5n4)c3cc3c4ccccc4n1c32. The molecule has 0 atom stereocenters. The summed E-state index contributed by atoms with van der Waals surface area (Å²) in [6.07, 6.45) is 0. The van der Waals surface area contributed by atoms with E-state index in [1.807, 2.05) is 12.1 Å². The van der Waals surface area contributed by atoms with E-state index >= 15 is 0 Å². The first-order chi connectivity index (χ1) is 27.8. The molecule has 0 radical (unpaired) electrons. The molecular formula is C50H27N5O. The second kappa shape index (κ2) is 10.1. The van der Waals surface area contributed by atoms with Crippen LogP contribution in [0.15, 0.2) is 168 Å². The molecule has 8 aromatic carbocycles. The zero-order chi connectivity index (χ0) is 36.2. The highest BCUT2D eigenvalue weighted by Crippen LogP contribution is 2.48. The van der Waals surface area contributed by atoms with E-state index in [0.717, 1.165) is 54.7 Å². The van der Waals surface area contributed by atoms with Crippen molar-refractivity contribution in [1.82, 2.24) is 23.5 Å². The molecule has 0 spiro atoms. The number of hydrogen-bond acceptors (Lipinski definition) is 3. The molecule has 6 nitrogen and oxygen atoms in total. The van der Waals surface area contributed by atoms with E-state index in [-0.39, 0.29) is 0 Å². The zero-order valence-electron chi connectivity index (χ0n) is 29.7. The van der Waals surface area contributed by atoms with Crippen molar-refractivity contribution in [2.24, 2.45) is 0 Å². The second-order valence-corrected chi connectivity index (χ2v) is 14.9. The van der Waals surface area contributed by atoms with Crippen LogP contribution >= 0.6 is 0 Å². The Morgan fingerprint density at radius 2 is 0.964 bits per heavy atom. The maximum absolute atomic E-state index is 6.71. The van der Waals surface area contributed by atoms with Gasteiger partial charge in [-0.2, -0.15) is 4.98 Å². The molecule has 0 aliphatic rings. The molecule has 0 saturated carbocycles. The number of hydrogen-bond donors (Lipinski definition) is 0. The molecule has 0 fully saturated rings. The topological polar surface area (TPSA) is 53.2 Å². The second-order valence-electron chi connectivity index (χ2n) is 14.9. The number of para-hydroxylation sites is 5. The third-order valence-corrected chi connectivity index (χ3v) is 12.2. The number of fused-ring (bicyclic) bond motifs is 18. The molecule has 0 aliphatic carbocycles. The van der Waals surface area contributed by atoms with Crippen LogP contribution in [0.25, 0.3) is 126 Å². The average Bonchev–Trinajstić information content (AvgIpc) is 4.05. The predicted molar refractivity (Wildman–Crippen MR) is 230 cm³/mol. The highest BCUT2D eigenvalue weighted by Gasteiger charge is 2.27. The average molecular weight is 714 g/mol. The quantitative estimate of drug-likeness (QED) is 0.179. The fourth-order valence-corrected chi connectivity index (χ4v) is 9.96. The van der Waals surface area contributed by atoms with Gasteiger partial charge in [-0.3, -0.25) is 9.13 Å². The molecule has 0 bridgehead atoms. The maximum atomic E-state index is 6.71. The van der Waals surface area contributed by atoms with Crippen LogP contribution in [0.3, 0.4) is 0 Å². The molecule has 6 heteroatoms. The Hall–Kier alpha value is -7.70. The summed E-state index contributed by atoms with van der Waals surface area (Å²) < 4.78 is 13.7. The highest BCUT2D eigenvalue weighted by molar-refractivity contribution is 6.38. The van der Waals surface area contributed by atoms with Crippen LogP contribution in [0.5, 0.6) is 0 Å². The first kappa shape index (κ1) is 28.8. The van der Waals surface area contributed by atoms with E-state index in [1.165, 1.54) is 54.3 Å². The molecule has 14 aromatic rings. The molecule has 0 unspecified atom stereocenters. The van der Waals surface area contributed by atoms with Crippen molar-refractivity contribution in [3.8, 4) is 11.8 Å². The molecule has 0 aliphatic heterocycles. The van der Waals surface area contributed by atoms with E-state index in [9.17, 15) is 0 Å². The summed E-state index contributed by atoms with van der Waals surface area (Å²) in [4.78, 5) is 11.1. The molecule has 0 N–H and O–H groups in total. The van der Waals surface area contributed by atoms with Gasteiger partial charge in [-0.1, -0.05) is 115 Å². The standard InChI is InChI=1S/C50H27N5O/c1-2-14-29-28(13-1)25-26-40-43(29)45-44-33-18-6-11-23-39(33)55(41(44)27-35-32-17-5-8-20-36(32)53(40)47(35)45)50-51-46-34-19-7-12-24-42(34)56-48(46)49(52-50)54-37-21-9-3-15-30(37)31-16-4-10-22-38(31)54/h1-27H. The lowest BCUT2D eigenvalue weighted by molar-refractivity contribution is 0.661. The molecule has 14 rings (SSSR count). The van der Waals surface area contributed by atoms with Crippen molar-refractivity contribution in [2.75, 3.05) is 0 Å². The van der Waals surface area contributed by atoms with Gasteiger partial charge in [0.2, 0.25) is 5.95 Å². The van der Waals surface area contributed by atoms with Gasteiger partial charge in [0.05, 0.1) is 38.6 Å². The molecule has 258 valence electrons. The summed E-state index contributed by atoms with van der Waals surface area (Å²) in [6, 6.07) is 58.5. The lowest BCUT2D eigenvalue weighted by Crippen LogP contribution is -2.06. The van der Waals surface area contributed by atoms with Crippen molar-refractivity contribution in [3.63, 3.8) is 0 Å². The number of benzene rings is 8. The summed E-state index contributed by atoms with van der Waals surface area (Å²) in [6.45, 7) is 0. The Labute approximate surface area is 317 Å².